The van der Waals surface area contributed by atoms with Gasteiger partial charge in [-0.15, -0.1) is 0 Å². The highest BCUT2D eigenvalue weighted by molar-refractivity contribution is 5.89. The van der Waals surface area contributed by atoms with Gasteiger partial charge in [-0.25, -0.2) is 9.78 Å². The third kappa shape index (κ3) is 5.37. The van der Waals surface area contributed by atoms with Crippen molar-refractivity contribution >= 4 is 17.7 Å². The molecule has 1 amide bonds. The van der Waals surface area contributed by atoms with Crippen LogP contribution in [0.4, 0.5) is 5.82 Å². The first-order valence-electron chi connectivity index (χ1n) is 6.19. The van der Waals surface area contributed by atoms with Crippen LogP contribution in [0.2, 0.25) is 0 Å². The molecule has 0 bridgehead atoms. The lowest BCUT2D eigenvalue weighted by molar-refractivity contribution is -0.119. The van der Waals surface area contributed by atoms with Crippen molar-refractivity contribution in [3.8, 4) is 0 Å². The van der Waals surface area contributed by atoms with Gasteiger partial charge in [0.25, 0.3) is 0 Å². The van der Waals surface area contributed by atoms with Crippen LogP contribution in [0.1, 0.15) is 31.1 Å². The van der Waals surface area contributed by atoms with Crippen molar-refractivity contribution in [2.75, 3.05) is 18.5 Å². The summed E-state index contributed by atoms with van der Waals surface area (Å²) in [6, 6.07) is 3.34. The molecule has 1 heterocycles. The zero-order valence-corrected chi connectivity index (χ0v) is 11.4. The molecular weight excluding hydrogens is 246 g/mol. The van der Waals surface area contributed by atoms with Gasteiger partial charge in [0.15, 0.2) is 0 Å². The molecule has 0 spiro atoms. The Labute approximate surface area is 112 Å². The molecule has 19 heavy (non-hydrogen) atoms. The fourth-order valence-electron chi connectivity index (χ4n) is 1.38. The van der Waals surface area contributed by atoms with E-state index in [9.17, 15) is 9.59 Å². The van der Waals surface area contributed by atoms with E-state index >= 15 is 0 Å². The average molecular weight is 265 g/mol. The molecule has 0 aliphatic rings. The van der Waals surface area contributed by atoms with E-state index in [1.54, 1.807) is 19.1 Å². The minimum absolute atomic E-state index is 0.105. The number of hydrogen-bond donors (Lipinski definition) is 2. The minimum atomic E-state index is -0.404. The van der Waals surface area contributed by atoms with E-state index in [2.05, 4.69) is 15.6 Å². The number of nitrogens with zero attached hydrogens (tertiary/aromatic N) is 1. The number of amides is 1. The van der Waals surface area contributed by atoms with Crippen molar-refractivity contribution in [2.24, 2.45) is 0 Å². The number of carbonyl (C=O) groups excluding carboxylic acids is 2. The van der Waals surface area contributed by atoms with Gasteiger partial charge in [0.2, 0.25) is 5.91 Å². The second kappa shape index (κ2) is 7.35. The highest BCUT2D eigenvalue weighted by atomic mass is 16.5. The van der Waals surface area contributed by atoms with Gasteiger partial charge in [0.05, 0.1) is 18.7 Å². The predicted molar refractivity (Wildman–Crippen MR) is 72.0 cm³/mol. The van der Waals surface area contributed by atoms with Gasteiger partial charge in [-0.3, -0.25) is 4.79 Å². The topological polar surface area (TPSA) is 80.3 Å². The smallest absolute Gasteiger partial charge is 0.339 e. The van der Waals surface area contributed by atoms with Crippen molar-refractivity contribution in [1.29, 1.82) is 0 Å². The first kappa shape index (κ1) is 14.9. The fourth-order valence-corrected chi connectivity index (χ4v) is 1.38. The molecule has 0 aliphatic heterocycles. The Morgan fingerprint density at radius 1 is 1.37 bits per heavy atom. The van der Waals surface area contributed by atoms with E-state index in [1.165, 1.54) is 6.20 Å². The summed E-state index contributed by atoms with van der Waals surface area (Å²) in [5.74, 6) is 0.0253. The van der Waals surface area contributed by atoms with Gasteiger partial charge < -0.3 is 15.4 Å². The summed E-state index contributed by atoms with van der Waals surface area (Å²) in [5.41, 5.74) is 0.388. The standard InChI is InChI=1S/C13H19N3O3/c1-4-19-13(18)10-5-6-11(14-7-10)15-8-12(17)16-9(2)3/h5-7,9H,4,8H2,1-3H3,(H,14,15)(H,16,17). The Morgan fingerprint density at radius 3 is 2.63 bits per heavy atom. The van der Waals surface area contributed by atoms with Crippen molar-refractivity contribution in [1.82, 2.24) is 10.3 Å². The Hall–Kier alpha value is -2.11. The Morgan fingerprint density at radius 2 is 2.11 bits per heavy atom. The number of carbonyl (C=O) groups is 2. The summed E-state index contributed by atoms with van der Waals surface area (Å²) < 4.78 is 4.85. The van der Waals surface area contributed by atoms with E-state index in [0.29, 0.717) is 18.0 Å². The second-order valence-electron chi connectivity index (χ2n) is 4.23. The fraction of sp³-hybridized carbons (Fsp3) is 0.462. The summed E-state index contributed by atoms with van der Waals surface area (Å²) in [4.78, 5) is 26.8. The SMILES string of the molecule is CCOC(=O)c1ccc(NCC(=O)NC(C)C)nc1. The van der Waals surface area contributed by atoms with E-state index in [0.717, 1.165) is 0 Å². The number of anilines is 1. The summed E-state index contributed by atoms with van der Waals surface area (Å²) in [6.45, 7) is 6.00. The van der Waals surface area contributed by atoms with Crippen molar-refractivity contribution in [3.05, 3.63) is 23.9 Å². The van der Waals surface area contributed by atoms with Crippen molar-refractivity contribution in [2.45, 2.75) is 26.8 Å². The summed E-state index contributed by atoms with van der Waals surface area (Å²) in [5, 5.41) is 5.63. The van der Waals surface area contributed by atoms with Crippen LogP contribution >= 0.6 is 0 Å². The van der Waals surface area contributed by atoms with Crippen LogP contribution in [0.25, 0.3) is 0 Å². The van der Waals surface area contributed by atoms with Crippen LogP contribution in [0.5, 0.6) is 0 Å². The highest BCUT2D eigenvalue weighted by Crippen LogP contribution is 2.06. The number of ether oxygens (including phenoxy) is 1. The first-order chi connectivity index (χ1) is 9.02. The Kier molecular flexibility index (Phi) is 5.78. The lowest BCUT2D eigenvalue weighted by atomic mass is 10.3. The molecule has 0 saturated heterocycles. The van der Waals surface area contributed by atoms with Crippen LogP contribution in [0, 0.1) is 0 Å². The van der Waals surface area contributed by atoms with Crippen LogP contribution in [-0.2, 0) is 9.53 Å². The maximum atomic E-state index is 11.4. The summed E-state index contributed by atoms with van der Waals surface area (Å²) >= 11 is 0. The van der Waals surface area contributed by atoms with Crippen LogP contribution in [0.15, 0.2) is 18.3 Å². The molecule has 0 saturated carbocycles. The number of aromatic nitrogens is 1. The van der Waals surface area contributed by atoms with Crippen molar-refractivity contribution in [3.63, 3.8) is 0 Å². The van der Waals surface area contributed by atoms with E-state index in [-0.39, 0.29) is 18.5 Å². The van der Waals surface area contributed by atoms with Gasteiger partial charge in [0, 0.05) is 12.2 Å². The molecule has 0 fully saturated rings. The normalized spacial score (nSPS) is 10.1. The van der Waals surface area contributed by atoms with Crippen LogP contribution < -0.4 is 10.6 Å². The van der Waals surface area contributed by atoms with Gasteiger partial charge in [-0.1, -0.05) is 0 Å². The molecule has 0 atom stereocenters. The van der Waals surface area contributed by atoms with Gasteiger partial charge in [-0.05, 0) is 32.9 Å². The lowest BCUT2D eigenvalue weighted by Gasteiger charge is -2.09. The molecule has 104 valence electrons. The molecule has 0 radical (unpaired) electrons. The highest BCUT2D eigenvalue weighted by Gasteiger charge is 2.07. The zero-order valence-electron chi connectivity index (χ0n) is 11.4. The predicted octanol–water partition coefficient (Wildman–Crippen LogP) is 1.19. The molecule has 6 nitrogen and oxygen atoms in total. The number of nitrogens with one attached hydrogen (secondary N) is 2. The maximum Gasteiger partial charge on any atom is 0.339 e. The zero-order chi connectivity index (χ0) is 14.3. The largest absolute Gasteiger partial charge is 0.462 e. The van der Waals surface area contributed by atoms with Crippen LogP contribution in [0.3, 0.4) is 0 Å². The molecule has 0 aromatic carbocycles. The average Bonchev–Trinajstić information content (AvgIpc) is 2.36. The van der Waals surface area contributed by atoms with Gasteiger partial charge >= 0.3 is 5.97 Å². The molecule has 0 unspecified atom stereocenters. The van der Waals surface area contributed by atoms with E-state index in [4.69, 9.17) is 4.74 Å². The number of hydrogen-bond acceptors (Lipinski definition) is 5. The number of rotatable bonds is 6. The molecule has 2 N–H and O–H groups in total. The third-order valence-corrected chi connectivity index (χ3v) is 2.15. The second-order valence-corrected chi connectivity index (χ2v) is 4.23. The summed E-state index contributed by atoms with van der Waals surface area (Å²) in [7, 11) is 0. The molecule has 6 heteroatoms. The molecule has 0 aliphatic carbocycles. The van der Waals surface area contributed by atoms with Gasteiger partial charge in [0.1, 0.15) is 5.82 Å². The first-order valence-corrected chi connectivity index (χ1v) is 6.19. The molecule has 1 aromatic heterocycles. The summed E-state index contributed by atoms with van der Waals surface area (Å²) in [6.07, 6.45) is 1.42. The quantitative estimate of drug-likeness (QED) is 0.755. The van der Waals surface area contributed by atoms with E-state index in [1.807, 2.05) is 13.8 Å². The number of esters is 1. The Balaban J connectivity index is 2.48. The molecular formula is C13H19N3O3. The van der Waals surface area contributed by atoms with Crippen molar-refractivity contribution < 1.29 is 14.3 Å². The van der Waals surface area contributed by atoms with Gasteiger partial charge in [-0.2, -0.15) is 0 Å². The molecule has 1 rings (SSSR count). The minimum Gasteiger partial charge on any atom is -0.462 e. The monoisotopic (exact) mass is 265 g/mol. The maximum absolute atomic E-state index is 11.4. The van der Waals surface area contributed by atoms with E-state index < -0.39 is 5.97 Å². The Bertz CT molecular complexity index is 429. The number of pyridine rings is 1. The molecule has 1 aromatic rings. The van der Waals surface area contributed by atoms with Crippen LogP contribution in [-0.4, -0.2) is 36.1 Å². The lowest BCUT2D eigenvalue weighted by Crippen LogP contribution is -2.34. The third-order valence-electron chi connectivity index (χ3n) is 2.15.